The second-order valence-electron chi connectivity index (χ2n) is 2.99. The average molecular weight is 215 g/mol. The predicted octanol–water partition coefficient (Wildman–Crippen LogP) is 1.67. The van der Waals surface area contributed by atoms with E-state index in [9.17, 15) is 8.60 Å². The van der Waals surface area contributed by atoms with Crippen LogP contribution in [-0.4, -0.2) is 16.0 Å². The molecule has 0 spiro atoms. The second-order valence-corrected chi connectivity index (χ2v) is 4.70. The first-order valence-electron chi connectivity index (χ1n) is 4.55. The molecule has 0 fully saturated rings. The molecule has 0 aliphatic rings. The van der Waals surface area contributed by atoms with Crippen LogP contribution in [0.1, 0.15) is 13.3 Å². The summed E-state index contributed by atoms with van der Waals surface area (Å²) in [5, 5.41) is -0.160. The molecule has 4 heteroatoms. The predicted molar refractivity (Wildman–Crippen MR) is 55.9 cm³/mol. The number of nitrogens with two attached hydrogens (primary N) is 1. The molecular weight excluding hydrogens is 201 g/mol. The van der Waals surface area contributed by atoms with Crippen LogP contribution in [0.15, 0.2) is 29.2 Å². The van der Waals surface area contributed by atoms with Crippen molar-refractivity contribution in [2.24, 2.45) is 5.73 Å². The van der Waals surface area contributed by atoms with E-state index >= 15 is 0 Å². The van der Waals surface area contributed by atoms with Crippen LogP contribution in [0.3, 0.4) is 0 Å². The van der Waals surface area contributed by atoms with Gasteiger partial charge in [-0.2, -0.15) is 0 Å². The zero-order chi connectivity index (χ0) is 10.6. The van der Waals surface area contributed by atoms with E-state index in [4.69, 9.17) is 5.73 Å². The van der Waals surface area contributed by atoms with Crippen LogP contribution in [0.5, 0.6) is 0 Å². The zero-order valence-electron chi connectivity index (χ0n) is 8.07. The van der Waals surface area contributed by atoms with E-state index in [0.29, 0.717) is 13.0 Å². The Morgan fingerprint density at radius 2 is 2.14 bits per heavy atom. The topological polar surface area (TPSA) is 43.1 Å². The van der Waals surface area contributed by atoms with E-state index in [-0.39, 0.29) is 10.1 Å². The molecule has 0 heterocycles. The Balaban J connectivity index is 2.94. The quantitative estimate of drug-likeness (QED) is 0.830. The van der Waals surface area contributed by atoms with Crippen LogP contribution in [0.25, 0.3) is 0 Å². The minimum absolute atomic E-state index is 0.160. The lowest BCUT2D eigenvalue weighted by molar-refractivity contribution is 0.592. The lowest BCUT2D eigenvalue weighted by Gasteiger charge is -2.12. The zero-order valence-corrected chi connectivity index (χ0v) is 8.89. The van der Waals surface area contributed by atoms with Gasteiger partial charge in [0.2, 0.25) is 0 Å². The number of hydrogen-bond acceptors (Lipinski definition) is 2. The van der Waals surface area contributed by atoms with Crippen molar-refractivity contribution >= 4 is 10.8 Å². The molecule has 0 aliphatic carbocycles. The molecule has 0 saturated carbocycles. The van der Waals surface area contributed by atoms with Gasteiger partial charge in [0.15, 0.2) is 0 Å². The van der Waals surface area contributed by atoms with Crippen molar-refractivity contribution < 1.29 is 8.60 Å². The highest BCUT2D eigenvalue weighted by Crippen LogP contribution is 2.16. The molecule has 0 aromatic heterocycles. The van der Waals surface area contributed by atoms with Gasteiger partial charge in [-0.3, -0.25) is 4.21 Å². The molecule has 0 aliphatic heterocycles. The molecule has 1 aromatic carbocycles. The summed E-state index contributed by atoms with van der Waals surface area (Å²) in [5.74, 6) is -0.419. The minimum atomic E-state index is -1.33. The molecule has 0 amide bonds. The van der Waals surface area contributed by atoms with Crippen LogP contribution in [0, 0.1) is 5.82 Å². The van der Waals surface area contributed by atoms with Crippen LogP contribution in [0.2, 0.25) is 0 Å². The lowest BCUT2D eigenvalue weighted by atomic mass is 10.3. The van der Waals surface area contributed by atoms with Crippen molar-refractivity contribution in [1.82, 2.24) is 0 Å². The molecule has 1 rings (SSSR count). The van der Waals surface area contributed by atoms with Gasteiger partial charge in [-0.05, 0) is 18.6 Å². The summed E-state index contributed by atoms with van der Waals surface area (Å²) >= 11 is 0. The highest BCUT2D eigenvalue weighted by molar-refractivity contribution is 7.85. The van der Waals surface area contributed by atoms with Gasteiger partial charge in [0.05, 0.1) is 20.9 Å². The fraction of sp³-hybridized carbons (Fsp3) is 0.400. The van der Waals surface area contributed by atoms with E-state index in [1.54, 1.807) is 18.2 Å². The maximum Gasteiger partial charge on any atom is 0.139 e. The largest absolute Gasteiger partial charge is 0.329 e. The van der Waals surface area contributed by atoms with E-state index in [1.807, 2.05) is 6.92 Å². The summed E-state index contributed by atoms with van der Waals surface area (Å²) in [5.41, 5.74) is 5.46. The van der Waals surface area contributed by atoms with E-state index in [2.05, 4.69) is 0 Å². The summed E-state index contributed by atoms with van der Waals surface area (Å²) in [4.78, 5) is 0.254. The summed E-state index contributed by atoms with van der Waals surface area (Å²) < 4.78 is 25.1. The van der Waals surface area contributed by atoms with Crippen molar-refractivity contribution in [2.45, 2.75) is 23.5 Å². The highest BCUT2D eigenvalue weighted by Gasteiger charge is 2.17. The first-order chi connectivity index (χ1) is 6.70. The fourth-order valence-corrected chi connectivity index (χ4v) is 2.50. The van der Waals surface area contributed by atoms with Gasteiger partial charge in [-0.15, -0.1) is 0 Å². The van der Waals surface area contributed by atoms with Crippen molar-refractivity contribution in [3.8, 4) is 0 Å². The van der Waals surface area contributed by atoms with Crippen molar-refractivity contribution in [1.29, 1.82) is 0 Å². The molecule has 2 atom stereocenters. The monoisotopic (exact) mass is 215 g/mol. The van der Waals surface area contributed by atoms with Gasteiger partial charge in [0.25, 0.3) is 0 Å². The van der Waals surface area contributed by atoms with Gasteiger partial charge < -0.3 is 5.73 Å². The van der Waals surface area contributed by atoms with E-state index < -0.39 is 16.6 Å². The van der Waals surface area contributed by atoms with Gasteiger partial charge in [-0.25, -0.2) is 4.39 Å². The van der Waals surface area contributed by atoms with Gasteiger partial charge >= 0.3 is 0 Å². The standard InChI is InChI=1S/C10H14FNOS/c1-2-8(7-12)14(13)10-6-4-3-5-9(10)11/h3-6,8H,2,7,12H2,1H3. The van der Waals surface area contributed by atoms with Crippen LogP contribution < -0.4 is 5.73 Å². The molecular formula is C10H14FNOS. The number of hydrogen-bond donors (Lipinski definition) is 1. The van der Waals surface area contributed by atoms with Gasteiger partial charge in [0, 0.05) is 6.54 Å². The second kappa shape index (κ2) is 5.22. The maximum atomic E-state index is 13.2. The molecule has 0 saturated heterocycles. The highest BCUT2D eigenvalue weighted by atomic mass is 32.2. The first kappa shape index (κ1) is 11.3. The minimum Gasteiger partial charge on any atom is -0.329 e. The number of halogens is 1. The first-order valence-corrected chi connectivity index (χ1v) is 5.77. The van der Waals surface area contributed by atoms with E-state index in [1.165, 1.54) is 6.07 Å². The Morgan fingerprint density at radius 1 is 1.50 bits per heavy atom. The Morgan fingerprint density at radius 3 is 2.64 bits per heavy atom. The Hall–Kier alpha value is -0.740. The third kappa shape index (κ3) is 2.39. The molecule has 2 N–H and O–H groups in total. The van der Waals surface area contributed by atoms with Crippen LogP contribution in [0.4, 0.5) is 4.39 Å². The molecule has 1 aromatic rings. The molecule has 0 radical (unpaired) electrons. The SMILES string of the molecule is CCC(CN)S(=O)c1ccccc1F. The number of benzene rings is 1. The summed E-state index contributed by atoms with van der Waals surface area (Å²) in [6, 6.07) is 6.12. The Kier molecular flexibility index (Phi) is 4.22. The average Bonchev–Trinajstić information content (AvgIpc) is 2.20. The third-order valence-electron chi connectivity index (χ3n) is 2.07. The van der Waals surface area contributed by atoms with Crippen molar-refractivity contribution in [3.63, 3.8) is 0 Å². The van der Waals surface area contributed by atoms with Gasteiger partial charge in [0.1, 0.15) is 5.82 Å². The third-order valence-corrected chi connectivity index (χ3v) is 3.97. The normalized spacial score (nSPS) is 15.1. The van der Waals surface area contributed by atoms with Crippen molar-refractivity contribution in [3.05, 3.63) is 30.1 Å². The Labute approximate surface area is 85.8 Å². The summed E-state index contributed by atoms with van der Waals surface area (Å²) in [7, 11) is -1.33. The molecule has 78 valence electrons. The summed E-state index contributed by atoms with van der Waals surface area (Å²) in [6.07, 6.45) is 0.692. The van der Waals surface area contributed by atoms with Crippen LogP contribution >= 0.6 is 0 Å². The summed E-state index contributed by atoms with van der Waals surface area (Å²) in [6.45, 7) is 2.22. The molecule has 14 heavy (non-hydrogen) atoms. The molecule has 2 nitrogen and oxygen atoms in total. The van der Waals surface area contributed by atoms with Crippen molar-refractivity contribution in [2.75, 3.05) is 6.54 Å². The smallest absolute Gasteiger partial charge is 0.139 e. The molecule has 2 unspecified atom stereocenters. The lowest BCUT2D eigenvalue weighted by Crippen LogP contribution is -2.25. The molecule has 0 bridgehead atoms. The van der Waals surface area contributed by atoms with E-state index in [0.717, 1.165) is 0 Å². The van der Waals surface area contributed by atoms with Gasteiger partial charge in [-0.1, -0.05) is 19.1 Å². The van der Waals surface area contributed by atoms with Crippen LogP contribution in [-0.2, 0) is 10.8 Å². The number of rotatable bonds is 4. The Bertz CT molecular complexity index is 326. The maximum absolute atomic E-state index is 13.2. The fourth-order valence-electron chi connectivity index (χ4n) is 1.19.